The summed E-state index contributed by atoms with van der Waals surface area (Å²) in [5.74, 6) is 0. The van der Waals surface area contributed by atoms with Crippen LogP contribution in [0.1, 0.15) is 0 Å². The van der Waals surface area contributed by atoms with Crippen LogP contribution in [0.4, 0.5) is 0 Å². The summed E-state index contributed by atoms with van der Waals surface area (Å²) in [4.78, 5) is 16.1. The second kappa shape index (κ2) is 14.8. The first kappa shape index (κ1) is 35.7. The van der Waals surface area contributed by atoms with E-state index in [2.05, 4.69) is 218 Å². The van der Waals surface area contributed by atoms with Crippen molar-refractivity contribution < 1.29 is 0 Å². The molecule has 288 valence electrons. The maximum Gasteiger partial charge on any atom is 0.0979 e. The quantitative estimate of drug-likeness (QED) is 0.158. The first-order valence-electron chi connectivity index (χ1n) is 21.1. The summed E-state index contributed by atoms with van der Waals surface area (Å²) < 4.78 is 0. The molecule has 0 saturated carbocycles. The van der Waals surface area contributed by atoms with Crippen molar-refractivity contribution in [3.63, 3.8) is 0 Å². The first-order valence-corrected chi connectivity index (χ1v) is 21.1. The number of aromatic nitrogens is 3. The van der Waals surface area contributed by atoms with Gasteiger partial charge in [-0.15, -0.1) is 0 Å². The lowest BCUT2D eigenvalue weighted by Crippen LogP contribution is -1.95. The zero-order chi connectivity index (χ0) is 41.0. The molecule has 0 spiro atoms. The van der Waals surface area contributed by atoms with E-state index >= 15 is 0 Å². The Kier molecular flexibility index (Phi) is 8.50. The predicted molar refractivity (Wildman–Crippen MR) is 260 cm³/mol. The van der Waals surface area contributed by atoms with Crippen molar-refractivity contribution in [2.75, 3.05) is 0 Å². The molecule has 0 atom stereocenters. The van der Waals surface area contributed by atoms with E-state index in [4.69, 9.17) is 15.0 Å². The van der Waals surface area contributed by atoms with E-state index in [0.29, 0.717) is 0 Å². The fraction of sp³-hybridized carbons (Fsp3) is 0. The van der Waals surface area contributed by atoms with Gasteiger partial charge in [0.05, 0.1) is 34.3 Å². The van der Waals surface area contributed by atoms with E-state index in [1.807, 2.05) is 6.20 Å². The number of nitrogens with zero attached hydrogens (tertiary/aromatic N) is 3. The molecular formula is C59H37N3. The molecular weight excluding hydrogens is 751 g/mol. The molecule has 0 amide bonds. The van der Waals surface area contributed by atoms with Crippen LogP contribution in [0.25, 0.3) is 121 Å². The molecule has 0 aliphatic carbocycles. The fourth-order valence-corrected chi connectivity index (χ4v) is 9.22. The molecule has 0 aliphatic heterocycles. The third-order valence-corrected chi connectivity index (χ3v) is 12.3. The van der Waals surface area contributed by atoms with Gasteiger partial charge in [-0.2, -0.15) is 0 Å². The molecule has 12 rings (SSSR count). The lowest BCUT2D eigenvalue weighted by Gasteiger charge is -2.16. The average Bonchev–Trinajstić information content (AvgIpc) is 3.36. The zero-order valence-electron chi connectivity index (χ0n) is 33.7. The Hall–Kier alpha value is -8.27. The standard InChI is InChI=1S/C59H37N3/c1-3-15-38(16-4-1)39-27-29-40(30-28-39)43-35-55(41-17-5-2-6-18-41)61-56(36-43)45-31-44(54-34-42-19-7-8-20-47(42)48-21-9-10-24-51(48)54)32-46(33-45)57-37-60-58-52-25-13-11-22-49(52)50-23-12-14-26-53(50)59(58)62-57/h1-37H. The van der Waals surface area contributed by atoms with Crippen LogP contribution in [0, 0.1) is 0 Å². The Labute approximate surface area is 359 Å². The molecule has 3 heteroatoms. The molecule has 0 N–H and O–H groups in total. The van der Waals surface area contributed by atoms with Gasteiger partial charge in [0.2, 0.25) is 0 Å². The van der Waals surface area contributed by atoms with Crippen LogP contribution in [-0.4, -0.2) is 15.0 Å². The van der Waals surface area contributed by atoms with Gasteiger partial charge < -0.3 is 0 Å². The number of hydrogen-bond donors (Lipinski definition) is 0. The van der Waals surface area contributed by atoms with Gasteiger partial charge in [-0.25, -0.2) is 9.97 Å². The van der Waals surface area contributed by atoms with Gasteiger partial charge in [-0.3, -0.25) is 4.98 Å². The third kappa shape index (κ3) is 6.18. The maximum absolute atomic E-state index is 5.49. The highest BCUT2D eigenvalue weighted by Crippen LogP contribution is 2.41. The van der Waals surface area contributed by atoms with Crippen LogP contribution in [-0.2, 0) is 0 Å². The van der Waals surface area contributed by atoms with Crippen LogP contribution in [0.5, 0.6) is 0 Å². The minimum absolute atomic E-state index is 0.807. The summed E-state index contributed by atoms with van der Waals surface area (Å²) in [6, 6.07) is 77.9. The highest BCUT2D eigenvalue weighted by atomic mass is 14.8. The minimum atomic E-state index is 0.807. The number of hydrogen-bond acceptors (Lipinski definition) is 3. The summed E-state index contributed by atoms with van der Waals surface area (Å²) in [5, 5.41) is 9.40. The zero-order valence-corrected chi connectivity index (χ0v) is 33.7. The highest BCUT2D eigenvalue weighted by Gasteiger charge is 2.17. The molecule has 62 heavy (non-hydrogen) atoms. The first-order chi connectivity index (χ1) is 30.7. The van der Waals surface area contributed by atoms with Crippen molar-refractivity contribution in [3.8, 4) is 67.2 Å². The Morgan fingerprint density at radius 1 is 0.242 bits per heavy atom. The van der Waals surface area contributed by atoms with Crippen LogP contribution in [0.15, 0.2) is 225 Å². The van der Waals surface area contributed by atoms with Crippen molar-refractivity contribution in [1.29, 1.82) is 0 Å². The molecule has 0 saturated heterocycles. The third-order valence-electron chi connectivity index (χ3n) is 12.3. The Morgan fingerprint density at radius 2 is 0.694 bits per heavy atom. The van der Waals surface area contributed by atoms with Gasteiger partial charge in [0.25, 0.3) is 0 Å². The molecule has 2 heterocycles. The van der Waals surface area contributed by atoms with Crippen molar-refractivity contribution in [3.05, 3.63) is 225 Å². The largest absolute Gasteiger partial charge is 0.252 e. The second-order valence-corrected chi connectivity index (χ2v) is 16.0. The lowest BCUT2D eigenvalue weighted by atomic mass is 9.90. The summed E-state index contributed by atoms with van der Waals surface area (Å²) in [5.41, 5.74) is 14.3. The Bertz CT molecular complexity index is 3640. The molecule has 0 radical (unpaired) electrons. The molecule has 3 nitrogen and oxygen atoms in total. The van der Waals surface area contributed by atoms with Crippen molar-refractivity contribution in [2.24, 2.45) is 0 Å². The number of rotatable bonds is 6. The molecule has 0 bridgehead atoms. The summed E-state index contributed by atoms with van der Waals surface area (Å²) in [6.07, 6.45) is 1.94. The van der Waals surface area contributed by atoms with E-state index in [1.54, 1.807) is 0 Å². The van der Waals surface area contributed by atoms with Crippen LogP contribution in [0.3, 0.4) is 0 Å². The topological polar surface area (TPSA) is 38.7 Å². The van der Waals surface area contributed by atoms with Crippen molar-refractivity contribution >= 4 is 54.1 Å². The maximum atomic E-state index is 5.49. The van der Waals surface area contributed by atoms with E-state index < -0.39 is 0 Å². The molecule has 2 aromatic heterocycles. The normalized spacial score (nSPS) is 11.5. The van der Waals surface area contributed by atoms with Gasteiger partial charge in [-0.1, -0.05) is 182 Å². The monoisotopic (exact) mass is 787 g/mol. The smallest absolute Gasteiger partial charge is 0.0979 e. The summed E-state index contributed by atoms with van der Waals surface area (Å²) >= 11 is 0. The number of fused-ring (bicyclic) bond motifs is 9. The SMILES string of the molecule is c1ccc(-c2ccc(-c3cc(-c4ccccc4)nc(-c4cc(-c5cnc6c7ccccc7c7ccccc7c6n5)cc(-c5cc6ccccc6c6ccccc56)c4)c3)cc2)cc1. The predicted octanol–water partition coefficient (Wildman–Crippen LogP) is 15.6. The molecule has 12 aromatic rings. The minimum Gasteiger partial charge on any atom is -0.252 e. The molecule has 0 unspecified atom stereocenters. The van der Waals surface area contributed by atoms with Crippen LogP contribution >= 0.6 is 0 Å². The Balaban J connectivity index is 1.11. The number of pyridine rings is 1. The van der Waals surface area contributed by atoms with E-state index in [9.17, 15) is 0 Å². The Morgan fingerprint density at radius 3 is 1.35 bits per heavy atom. The van der Waals surface area contributed by atoms with E-state index in [-0.39, 0.29) is 0 Å². The summed E-state index contributed by atoms with van der Waals surface area (Å²) in [6.45, 7) is 0. The van der Waals surface area contributed by atoms with Crippen LogP contribution in [0.2, 0.25) is 0 Å². The van der Waals surface area contributed by atoms with Gasteiger partial charge in [-0.05, 0) is 102 Å². The lowest BCUT2D eigenvalue weighted by molar-refractivity contribution is 1.30. The van der Waals surface area contributed by atoms with Crippen molar-refractivity contribution in [1.82, 2.24) is 15.0 Å². The van der Waals surface area contributed by atoms with Gasteiger partial charge in [0.1, 0.15) is 0 Å². The molecule has 10 aromatic carbocycles. The molecule has 0 fully saturated rings. The second-order valence-electron chi connectivity index (χ2n) is 16.0. The average molecular weight is 788 g/mol. The van der Waals surface area contributed by atoms with Crippen molar-refractivity contribution in [2.45, 2.75) is 0 Å². The fourth-order valence-electron chi connectivity index (χ4n) is 9.22. The van der Waals surface area contributed by atoms with Gasteiger partial charge in [0.15, 0.2) is 0 Å². The van der Waals surface area contributed by atoms with Gasteiger partial charge >= 0.3 is 0 Å². The van der Waals surface area contributed by atoms with Gasteiger partial charge in [0, 0.05) is 27.5 Å². The number of benzene rings is 10. The molecule has 0 aliphatic rings. The van der Waals surface area contributed by atoms with E-state index in [1.165, 1.54) is 43.4 Å². The van der Waals surface area contributed by atoms with E-state index in [0.717, 1.165) is 77.8 Å². The van der Waals surface area contributed by atoms with Crippen LogP contribution < -0.4 is 0 Å². The highest BCUT2D eigenvalue weighted by molar-refractivity contribution is 6.23. The summed E-state index contributed by atoms with van der Waals surface area (Å²) in [7, 11) is 0.